The van der Waals surface area contributed by atoms with Crippen molar-refractivity contribution in [2.24, 2.45) is 5.92 Å². The molecule has 0 aliphatic heterocycles. The lowest BCUT2D eigenvalue weighted by molar-refractivity contribution is -0.268. The fourth-order valence-electron chi connectivity index (χ4n) is 3.93. The molecule has 1 aromatic carbocycles. The van der Waals surface area contributed by atoms with Gasteiger partial charge in [-0.1, -0.05) is 95.8 Å². The molecular weight excluding hydrogens is 398 g/mol. The van der Waals surface area contributed by atoms with E-state index in [1.54, 1.807) is 13.0 Å². The predicted octanol–water partition coefficient (Wildman–Crippen LogP) is 8.43. The lowest BCUT2D eigenvalue weighted by atomic mass is 9.95. The molecule has 0 radical (unpaired) electrons. The summed E-state index contributed by atoms with van der Waals surface area (Å²) in [7, 11) is 0. The first kappa shape index (κ1) is 28.2. The van der Waals surface area contributed by atoms with E-state index < -0.39 is 0 Å². The molecular formula is C28H47NO3. The zero-order valence-corrected chi connectivity index (χ0v) is 21.3. The molecule has 0 saturated carbocycles. The largest absolute Gasteiger partial charge is 0.332 e. The number of nitrogens with one attached hydrogen (secondary N) is 1. The molecule has 0 heterocycles. The Labute approximate surface area is 197 Å². The van der Waals surface area contributed by atoms with Crippen molar-refractivity contribution < 1.29 is 14.6 Å². The molecule has 0 aromatic heterocycles. The van der Waals surface area contributed by atoms with E-state index in [0.29, 0.717) is 12.5 Å². The topological polar surface area (TPSA) is 47.6 Å². The van der Waals surface area contributed by atoms with Gasteiger partial charge in [-0.3, -0.25) is 4.79 Å². The van der Waals surface area contributed by atoms with Gasteiger partial charge >= 0.3 is 0 Å². The van der Waals surface area contributed by atoms with Crippen molar-refractivity contribution >= 4 is 11.6 Å². The summed E-state index contributed by atoms with van der Waals surface area (Å²) in [6.45, 7) is 10.9. The molecule has 0 fully saturated rings. The van der Waals surface area contributed by atoms with E-state index in [1.165, 1.54) is 76.2 Å². The van der Waals surface area contributed by atoms with Gasteiger partial charge in [0.05, 0.1) is 6.61 Å². The van der Waals surface area contributed by atoms with E-state index in [4.69, 9.17) is 9.78 Å². The summed E-state index contributed by atoms with van der Waals surface area (Å²) < 4.78 is 0. The molecule has 0 aliphatic carbocycles. The van der Waals surface area contributed by atoms with Gasteiger partial charge in [0.15, 0.2) is 0 Å². The molecule has 1 atom stereocenters. The van der Waals surface area contributed by atoms with E-state index in [0.717, 1.165) is 17.7 Å². The number of amides is 1. The number of unbranched alkanes of at least 4 members (excludes halogenated alkanes) is 8. The Morgan fingerprint density at radius 2 is 1.53 bits per heavy atom. The average molecular weight is 446 g/mol. The Bertz CT molecular complexity index is 669. The standard InChI is InChI=1S/C28H47NO3/c1-6-9-11-13-14-16-18-25(17-15-12-10-7-2)22-31-32-27(8-3)28(30)29-26-20-19-23(4)21-24(26)5/h8,19-21,25H,6-7,9-18,22H2,1-5H3,(H,29,30)/b27-8+. The van der Waals surface area contributed by atoms with Crippen LogP contribution in [0.15, 0.2) is 30.0 Å². The number of rotatable bonds is 18. The molecule has 0 bridgehead atoms. The smallest absolute Gasteiger partial charge is 0.294 e. The number of carbonyl (C=O) groups excluding carboxylic acids is 1. The number of allylic oxidation sites excluding steroid dienone is 1. The maximum atomic E-state index is 12.6. The van der Waals surface area contributed by atoms with Crippen molar-refractivity contribution in [3.8, 4) is 0 Å². The van der Waals surface area contributed by atoms with Gasteiger partial charge in [0.25, 0.3) is 5.91 Å². The molecule has 1 N–H and O–H groups in total. The van der Waals surface area contributed by atoms with Crippen molar-refractivity contribution in [3.63, 3.8) is 0 Å². The number of aryl methyl sites for hydroxylation is 2. The average Bonchev–Trinajstić information content (AvgIpc) is 2.77. The molecule has 0 spiro atoms. The van der Waals surface area contributed by atoms with Gasteiger partial charge in [-0.25, -0.2) is 0 Å². The fourth-order valence-corrected chi connectivity index (χ4v) is 3.93. The summed E-state index contributed by atoms with van der Waals surface area (Å²) in [6.07, 6.45) is 16.9. The lowest BCUT2D eigenvalue weighted by Crippen LogP contribution is -2.19. The molecule has 4 heteroatoms. The van der Waals surface area contributed by atoms with Crippen molar-refractivity contribution in [3.05, 3.63) is 41.2 Å². The minimum atomic E-state index is -0.283. The van der Waals surface area contributed by atoms with Gasteiger partial charge in [-0.2, -0.15) is 4.89 Å². The lowest BCUT2D eigenvalue weighted by Gasteiger charge is -2.17. The maximum Gasteiger partial charge on any atom is 0.294 e. The Morgan fingerprint density at radius 1 is 0.938 bits per heavy atom. The van der Waals surface area contributed by atoms with Crippen LogP contribution in [-0.2, 0) is 14.6 Å². The first-order valence-electron chi connectivity index (χ1n) is 12.9. The summed E-state index contributed by atoms with van der Waals surface area (Å²) in [4.78, 5) is 23.6. The van der Waals surface area contributed by atoms with Crippen LogP contribution in [0.1, 0.15) is 109 Å². The zero-order valence-electron chi connectivity index (χ0n) is 21.3. The maximum absolute atomic E-state index is 12.6. The molecule has 32 heavy (non-hydrogen) atoms. The van der Waals surface area contributed by atoms with Crippen LogP contribution in [-0.4, -0.2) is 12.5 Å². The van der Waals surface area contributed by atoms with Crippen LogP contribution < -0.4 is 5.32 Å². The van der Waals surface area contributed by atoms with Gasteiger partial charge in [0.2, 0.25) is 5.76 Å². The highest BCUT2D eigenvalue weighted by Crippen LogP contribution is 2.21. The van der Waals surface area contributed by atoms with Gasteiger partial charge in [0.1, 0.15) is 0 Å². The normalized spacial score (nSPS) is 12.6. The molecule has 1 aromatic rings. The van der Waals surface area contributed by atoms with Gasteiger partial charge < -0.3 is 10.2 Å². The summed E-state index contributed by atoms with van der Waals surface area (Å²) in [5.74, 6) is 0.405. The minimum Gasteiger partial charge on any atom is -0.332 e. The molecule has 0 aliphatic rings. The summed E-state index contributed by atoms with van der Waals surface area (Å²) in [5.41, 5.74) is 2.99. The van der Waals surface area contributed by atoms with Gasteiger partial charge in [-0.05, 0) is 57.2 Å². The number of anilines is 1. The summed E-state index contributed by atoms with van der Waals surface area (Å²) in [6, 6.07) is 5.96. The van der Waals surface area contributed by atoms with E-state index in [1.807, 2.05) is 32.0 Å². The second kappa shape index (κ2) is 17.7. The van der Waals surface area contributed by atoms with Crippen LogP contribution >= 0.6 is 0 Å². The van der Waals surface area contributed by atoms with Crippen LogP contribution in [0.3, 0.4) is 0 Å². The van der Waals surface area contributed by atoms with Crippen molar-refractivity contribution in [1.29, 1.82) is 0 Å². The minimum absolute atomic E-state index is 0.203. The van der Waals surface area contributed by atoms with Crippen LogP contribution in [0.4, 0.5) is 5.69 Å². The molecule has 1 rings (SSSR count). The Hall–Kier alpha value is -1.81. The number of hydrogen-bond acceptors (Lipinski definition) is 3. The third kappa shape index (κ3) is 12.3. The van der Waals surface area contributed by atoms with E-state index in [9.17, 15) is 4.79 Å². The van der Waals surface area contributed by atoms with Crippen LogP contribution in [0.2, 0.25) is 0 Å². The van der Waals surface area contributed by atoms with Crippen molar-refractivity contribution in [1.82, 2.24) is 0 Å². The third-order valence-corrected chi connectivity index (χ3v) is 6.00. The predicted molar refractivity (Wildman–Crippen MR) is 136 cm³/mol. The monoisotopic (exact) mass is 445 g/mol. The quantitative estimate of drug-likeness (QED) is 0.0810. The van der Waals surface area contributed by atoms with Crippen LogP contribution in [0, 0.1) is 19.8 Å². The molecule has 1 unspecified atom stereocenters. The summed E-state index contributed by atoms with van der Waals surface area (Å²) in [5, 5.41) is 2.92. The zero-order chi connectivity index (χ0) is 23.6. The second-order valence-corrected chi connectivity index (χ2v) is 9.07. The van der Waals surface area contributed by atoms with Crippen molar-refractivity contribution in [2.45, 2.75) is 112 Å². The summed E-state index contributed by atoms with van der Waals surface area (Å²) >= 11 is 0. The number of benzene rings is 1. The van der Waals surface area contributed by atoms with Crippen LogP contribution in [0.25, 0.3) is 0 Å². The second-order valence-electron chi connectivity index (χ2n) is 9.07. The Kier molecular flexibility index (Phi) is 15.6. The van der Waals surface area contributed by atoms with E-state index in [-0.39, 0.29) is 11.7 Å². The Balaban J connectivity index is 2.47. The van der Waals surface area contributed by atoms with Crippen LogP contribution in [0.5, 0.6) is 0 Å². The molecule has 1 amide bonds. The first-order valence-corrected chi connectivity index (χ1v) is 12.9. The highest BCUT2D eigenvalue weighted by Gasteiger charge is 2.15. The molecule has 4 nitrogen and oxygen atoms in total. The van der Waals surface area contributed by atoms with Gasteiger partial charge in [-0.15, -0.1) is 0 Å². The first-order chi connectivity index (χ1) is 15.5. The van der Waals surface area contributed by atoms with Gasteiger partial charge in [0, 0.05) is 5.69 Å². The molecule has 182 valence electrons. The number of hydrogen-bond donors (Lipinski definition) is 1. The highest BCUT2D eigenvalue weighted by molar-refractivity contribution is 6.02. The van der Waals surface area contributed by atoms with E-state index >= 15 is 0 Å². The fraction of sp³-hybridized carbons (Fsp3) is 0.679. The highest BCUT2D eigenvalue weighted by atomic mass is 17.2. The third-order valence-electron chi connectivity index (χ3n) is 6.00. The SMILES string of the molecule is C/C=C(/OOCC(CCCCCC)CCCCCCCC)C(=O)Nc1ccc(C)cc1C. The molecule has 0 saturated heterocycles. The Morgan fingerprint density at radius 3 is 2.12 bits per heavy atom. The van der Waals surface area contributed by atoms with Crippen molar-refractivity contribution in [2.75, 3.05) is 11.9 Å². The number of carbonyl (C=O) groups is 1. The van der Waals surface area contributed by atoms with E-state index in [2.05, 4.69) is 19.2 Å².